The maximum absolute atomic E-state index is 3.72. The van der Waals surface area contributed by atoms with Crippen molar-refractivity contribution in [2.24, 2.45) is 5.92 Å². The molecule has 0 amide bonds. The van der Waals surface area contributed by atoms with Gasteiger partial charge >= 0.3 is 0 Å². The summed E-state index contributed by atoms with van der Waals surface area (Å²) in [6, 6.07) is 0.823. The van der Waals surface area contributed by atoms with Gasteiger partial charge in [0.15, 0.2) is 0 Å². The highest BCUT2D eigenvalue weighted by Gasteiger charge is 2.20. The van der Waals surface area contributed by atoms with Crippen molar-refractivity contribution >= 4 is 0 Å². The molecule has 0 radical (unpaired) electrons. The molecule has 1 fully saturated rings. The van der Waals surface area contributed by atoms with Gasteiger partial charge in [-0.15, -0.1) is 0 Å². The quantitative estimate of drug-likeness (QED) is 0.694. The van der Waals surface area contributed by atoms with Gasteiger partial charge in [0.1, 0.15) is 0 Å². The largest absolute Gasteiger partial charge is 0.314 e. The van der Waals surface area contributed by atoms with Crippen LogP contribution in [0.15, 0.2) is 11.6 Å². The molecule has 0 aromatic rings. The van der Waals surface area contributed by atoms with Gasteiger partial charge in [-0.1, -0.05) is 18.6 Å². The van der Waals surface area contributed by atoms with Gasteiger partial charge < -0.3 is 5.32 Å². The average molecular weight is 207 g/mol. The summed E-state index contributed by atoms with van der Waals surface area (Å²) in [7, 11) is 0. The van der Waals surface area contributed by atoms with Crippen molar-refractivity contribution in [1.29, 1.82) is 0 Å². The van der Waals surface area contributed by atoms with Crippen LogP contribution in [-0.2, 0) is 0 Å². The van der Waals surface area contributed by atoms with E-state index in [0.29, 0.717) is 0 Å². The highest BCUT2D eigenvalue weighted by atomic mass is 14.9. The first kappa shape index (κ1) is 11.2. The van der Waals surface area contributed by atoms with Gasteiger partial charge in [0.2, 0.25) is 0 Å². The molecule has 1 saturated carbocycles. The van der Waals surface area contributed by atoms with E-state index < -0.39 is 0 Å². The predicted octanol–water partition coefficient (Wildman–Crippen LogP) is 3.66. The number of hydrogen-bond donors (Lipinski definition) is 1. The predicted molar refractivity (Wildman–Crippen MR) is 66.0 cm³/mol. The minimum atomic E-state index is 0.823. The van der Waals surface area contributed by atoms with Crippen LogP contribution in [0, 0.1) is 5.92 Å². The molecular formula is C14H25N. The first-order valence-electron chi connectivity index (χ1n) is 6.76. The molecule has 0 aromatic heterocycles. The van der Waals surface area contributed by atoms with Crippen LogP contribution in [0.1, 0.15) is 58.3 Å². The Kier molecular flexibility index (Phi) is 4.25. The maximum atomic E-state index is 3.72. The van der Waals surface area contributed by atoms with Gasteiger partial charge in [-0.2, -0.15) is 0 Å². The van der Waals surface area contributed by atoms with Crippen molar-refractivity contribution in [3.8, 4) is 0 Å². The van der Waals surface area contributed by atoms with E-state index in [9.17, 15) is 0 Å². The lowest BCUT2D eigenvalue weighted by molar-refractivity contribution is 0.500. The summed E-state index contributed by atoms with van der Waals surface area (Å²) in [5.74, 6) is 0.955. The third-order valence-electron chi connectivity index (χ3n) is 3.96. The van der Waals surface area contributed by atoms with Crippen LogP contribution in [0.5, 0.6) is 0 Å². The summed E-state index contributed by atoms with van der Waals surface area (Å²) >= 11 is 0. The Bertz CT molecular complexity index is 219. The molecule has 2 atom stereocenters. The minimum Gasteiger partial charge on any atom is -0.314 e. The molecule has 0 bridgehead atoms. The van der Waals surface area contributed by atoms with Crippen LogP contribution in [0.4, 0.5) is 0 Å². The van der Waals surface area contributed by atoms with Crippen molar-refractivity contribution in [1.82, 2.24) is 5.32 Å². The third kappa shape index (κ3) is 3.64. The van der Waals surface area contributed by atoms with Crippen molar-refractivity contribution in [2.75, 3.05) is 6.54 Å². The molecule has 0 saturated heterocycles. The number of hydrogen-bond acceptors (Lipinski definition) is 1. The van der Waals surface area contributed by atoms with Gasteiger partial charge in [0.25, 0.3) is 0 Å². The smallest absolute Gasteiger partial charge is 0.00698 e. The zero-order valence-electron chi connectivity index (χ0n) is 10.1. The highest BCUT2D eigenvalue weighted by molar-refractivity contribution is 5.05. The van der Waals surface area contributed by atoms with E-state index in [0.717, 1.165) is 12.0 Å². The lowest BCUT2D eigenvalue weighted by Crippen LogP contribution is -2.27. The molecule has 0 aromatic carbocycles. The highest BCUT2D eigenvalue weighted by Crippen LogP contribution is 2.25. The topological polar surface area (TPSA) is 12.0 Å². The SMILES string of the molecule is C[C@@H]1CC[C@H](NCCC2=CCCCC2)C1. The summed E-state index contributed by atoms with van der Waals surface area (Å²) in [4.78, 5) is 0. The maximum Gasteiger partial charge on any atom is 0.00698 e. The summed E-state index contributed by atoms with van der Waals surface area (Å²) in [5, 5.41) is 3.72. The Morgan fingerprint density at radius 2 is 2.27 bits per heavy atom. The lowest BCUT2D eigenvalue weighted by atomic mass is 9.97. The zero-order valence-corrected chi connectivity index (χ0v) is 10.1. The number of nitrogens with one attached hydrogen (secondary N) is 1. The summed E-state index contributed by atoms with van der Waals surface area (Å²) in [5.41, 5.74) is 1.71. The molecule has 1 nitrogen and oxygen atoms in total. The summed E-state index contributed by atoms with van der Waals surface area (Å²) < 4.78 is 0. The number of allylic oxidation sites excluding steroid dienone is 1. The van der Waals surface area contributed by atoms with E-state index in [1.807, 2.05) is 0 Å². The number of rotatable bonds is 4. The van der Waals surface area contributed by atoms with E-state index in [1.54, 1.807) is 5.57 Å². The third-order valence-corrected chi connectivity index (χ3v) is 3.96. The summed E-state index contributed by atoms with van der Waals surface area (Å²) in [6.07, 6.45) is 13.5. The second-order valence-corrected chi connectivity index (χ2v) is 5.43. The molecule has 0 heterocycles. The second kappa shape index (κ2) is 5.69. The molecule has 2 rings (SSSR count). The van der Waals surface area contributed by atoms with Crippen LogP contribution >= 0.6 is 0 Å². The molecule has 1 N–H and O–H groups in total. The average Bonchev–Trinajstić information content (AvgIpc) is 2.66. The van der Waals surface area contributed by atoms with Crippen molar-refractivity contribution in [3.63, 3.8) is 0 Å². The van der Waals surface area contributed by atoms with E-state index in [2.05, 4.69) is 18.3 Å². The van der Waals surface area contributed by atoms with E-state index in [1.165, 1.54) is 57.9 Å². The van der Waals surface area contributed by atoms with Gasteiger partial charge in [-0.25, -0.2) is 0 Å². The molecule has 0 unspecified atom stereocenters. The van der Waals surface area contributed by atoms with Crippen LogP contribution in [0.2, 0.25) is 0 Å². The Morgan fingerprint density at radius 1 is 1.33 bits per heavy atom. The van der Waals surface area contributed by atoms with Crippen LogP contribution in [-0.4, -0.2) is 12.6 Å². The van der Waals surface area contributed by atoms with E-state index in [4.69, 9.17) is 0 Å². The molecule has 15 heavy (non-hydrogen) atoms. The fourth-order valence-electron chi connectivity index (χ4n) is 2.96. The van der Waals surface area contributed by atoms with E-state index in [-0.39, 0.29) is 0 Å². The molecule has 2 aliphatic carbocycles. The monoisotopic (exact) mass is 207 g/mol. The van der Waals surface area contributed by atoms with Crippen molar-refractivity contribution in [3.05, 3.63) is 11.6 Å². The molecule has 0 aliphatic heterocycles. The lowest BCUT2D eigenvalue weighted by Gasteiger charge is -2.15. The first-order chi connectivity index (χ1) is 7.34. The second-order valence-electron chi connectivity index (χ2n) is 5.43. The van der Waals surface area contributed by atoms with Gasteiger partial charge in [-0.3, -0.25) is 0 Å². The Hall–Kier alpha value is -0.300. The Morgan fingerprint density at radius 3 is 2.93 bits per heavy atom. The van der Waals surface area contributed by atoms with Gasteiger partial charge in [0.05, 0.1) is 0 Å². The van der Waals surface area contributed by atoms with Gasteiger partial charge in [0, 0.05) is 6.04 Å². The molecule has 0 spiro atoms. The minimum absolute atomic E-state index is 0.823. The Labute approximate surface area is 94.3 Å². The summed E-state index contributed by atoms with van der Waals surface area (Å²) in [6.45, 7) is 3.59. The zero-order chi connectivity index (χ0) is 10.5. The van der Waals surface area contributed by atoms with Crippen LogP contribution in [0.3, 0.4) is 0 Å². The van der Waals surface area contributed by atoms with Crippen LogP contribution < -0.4 is 5.32 Å². The molecule has 1 heteroatoms. The van der Waals surface area contributed by atoms with Gasteiger partial charge in [-0.05, 0) is 63.8 Å². The van der Waals surface area contributed by atoms with E-state index >= 15 is 0 Å². The van der Waals surface area contributed by atoms with Crippen LogP contribution in [0.25, 0.3) is 0 Å². The molecule has 86 valence electrons. The Balaban J connectivity index is 1.60. The fraction of sp³-hybridized carbons (Fsp3) is 0.857. The first-order valence-corrected chi connectivity index (χ1v) is 6.76. The normalized spacial score (nSPS) is 31.7. The molecule has 2 aliphatic rings. The standard InChI is InChI=1S/C14H25N/c1-12-7-8-14(11-12)15-10-9-13-5-3-2-4-6-13/h5,12,14-15H,2-4,6-11H2,1H3/t12-,14+/m1/s1. The molecular weight excluding hydrogens is 182 g/mol. The van der Waals surface area contributed by atoms with Crippen molar-refractivity contribution in [2.45, 2.75) is 64.3 Å². The fourth-order valence-corrected chi connectivity index (χ4v) is 2.96. The van der Waals surface area contributed by atoms with Crippen molar-refractivity contribution < 1.29 is 0 Å².